The molecule has 0 bridgehead atoms. The Balaban J connectivity index is 2.66. The van der Waals surface area contributed by atoms with Gasteiger partial charge < -0.3 is 0 Å². The lowest BCUT2D eigenvalue weighted by atomic mass is 10.1. The summed E-state index contributed by atoms with van der Waals surface area (Å²) in [5.74, 6) is 5.41. The van der Waals surface area contributed by atoms with Crippen LogP contribution in [0.4, 0.5) is 0 Å². The zero-order chi connectivity index (χ0) is 8.97. The van der Waals surface area contributed by atoms with Gasteiger partial charge in [-0.15, -0.1) is 11.3 Å². The zero-order valence-corrected chi connectivity index (χ0v) is 8.58. The fraction of sp³-hybridized carbons (Fsp3) is 0.500. The second-order valence-corrected chi connectivity index (χ2v) is 4.40. The van der Waals surface area contributed by atoms with Gasteiger partial charge >= 0.3 is 0 Å². The van der Waals surface area contributed by atoms with Gasteiger partial charge in [-0.05, 0) is 18.6 Å². The van der Waals surface area contributed by atoms with Crippen molar-refractivity contribution in [1.29, 1.82) is 0 Å². The first-order valence-electron chi connectivity index (χ1n) is 3.99. The third kappa shape index (κ3) is 2.45. The molecular formula is C8H13ClN2S. The smallest absolute Gasteiger partial charge is 0.0931 e. The largest absolute Gasteiger partial charge is 0.271 e. The predicted octanol–water partition coefficient (Wildman–Crippen LogP) is 2.71. The number of halogens is 1. The number of hydrazine groups is 1. The summed E-state index contributed by atoms with van der Waals surface area (Å²) < 4.78 is 0.821. The zero-order valence-electron chi connectivity index (χ0n) is 7.01. The number of nitrogens with two attached hydrogens (primary N) is 1. The van der Waals surface area contributed by atoms with Crippen molar-refractivity contribution >= 4 is 22.9 Å². The Morgan fingerprint density at radius 3 is 2.83 bits per heavy atom. The van der Waals surface area contributed by atoms with E-state index in [-0.39, 0.29) is 6.04 Å². The van der Waals surface area contributed by atoms with Crippen LogP contribution in [0.5, 0.6) is 0 Å². The Hall–Kier alpha value is -0.0900. The van der Waals surface area contributed by atoms with Crippen molar-refractivity contribution in [2.45, 2.75) is 25.8 Å². The topological polar surface area (TPSA) is 38.0 Å². The third-order valence-electron chi connectivity index (χ3n) is 1.72. The summed E-state index contributed by atoms with van der Waals surface area (Å²) in [6, 6.07) is 4.18. The van der Waals surface area contributed by atoms with E-state index in [1.165, 1.54) is 4.88 Å². The molecule has 0 spiro atoms. The Bertz CT molecular complexity index is 237. The molecule has 1 rings (SSSR count). The predicted molar refractivity (Wildman–Crippen MR) is 54.3 cm³/mol. The Morgan fingerprint density at radius 2 is 2.42 bits per heavy atom. The van der Waals surface area contributed by atoms with E-state index in [0.29, 0.717) is 0 Å². The molecule has 0 amide bonds. The summed E-state index contributed by atoms with van der Waals surface area (Å²) in [4.78, 5) is 1.21. The van der Waals surface area contributed by atoms with Crippen LogP contribution in [0.15, 0.2) is 12.1 Å². The van der Waals surface area contributed by atoms with Crippen molar-refractivity contribution in [2.24, 2.45) is 5.84 Å². The molecule has 0 saturated carbocycles. The summed E-state index contributed by atoms with van der Waals surface area (Å²) in [5.41, 5.74) is 2.78. The fourth-order valence-electron chi connectivity index (χ4n) is 1.11. The standard InChI is InChI=1S/C8H13ClN2S/c1-2-3-6(11-10)7-4-5-8(9)12-7/h4-6,11H,2-3,10H2,1H3. The van der Waals surface area contributed by atoms with Crippen LogP contribution >= 0.6 is 22.9 Å². The number of hydrogen-bond acceptors (Lipinski definition) is 3. The van der Waals surface area contributed by atoms with Crippen LogP contribution in [0.1, 0.15) is 30.7 Å². The summed E-state index contributed by atoms with van der Waals surface area (Å²) in [5, 5.41) is 0. The van der Waals surface area contributed by atoms with E-state index >= 15 is 0 Å². The van der Waals surface area contributed by atoms with Crippen LogP contribution in [0.2, 0.25) is 4.34 Å². The molecular weight excluding hydrogens is 192 g/mol. The van der Waals surface area contributed by atoms with E-state index in [1.807, 2.05) is 12.1 Å². The van der Waals surface area contributed by atoms with Crippen LogP contribution < -0.4 is 11.3 Å². The molecule has 12 heavy (non-hydrogen) atoms. The maximum absolute atomic E-state index is 5.81. The van der Waals surface area contributed by atoms with Crippen LogP contribution in [0, 0.1) is 0 Å². The molecule has 1 aromatic heterocycles. The van der Waals surface area contributed by atoms with E-state index in [0.717, 1.165) is 17.2 Å². The molecule has 0 aromatic carbocycles. The summed E-state index contributed by atoms with van der Waals surface area (Å²) in [6.45, 7) is 2.14. The van der Waals surface area contributed by atoms with Gasteiger partial charge in [-0.2, -0.15) is 0 Å². The van der Waals surface area contributed by atoms with E-state index in [4.69, 9.17) is 17.4 Å². The number of thiophene rings is 1. The first-order valence-corrected chi connectivity index (χ1v) is 5.18. The van der Waals surface area contributed by atoms with E-state index in [2.05, 4.69) is 12.3 Å². The van der Waals surface area contributed by atoms with Gasteiger partial charge in [0.25, 0.3) is 0 Å². The van der Waals surface area contributed by atoms with Crippen molar-refractivity contribution < 1.29 is 0 Å². The van der Waals surface area contributed by atoms with Crippen LogP contribution in [0.3, 0.4) is 0 Å². The SMILES string of the molecule is CCCC(NN)c1ccc(Cl)s1. The molecule has 2 nitrogen and oxygen atoms in total. The molecule has 0 aliphatic carbocycles. The van der Waals surface area contributed by atoms with Crippen LogP contribution in [-0.2, 0) is 0 Å². The van der Waals surface area contributed by atoms with Gasteiger partial charge in [-0.25, -0.2) is 0 Å². The average molecular weight is 205 g/mol. The van der Waals surface area contributed by atoms with E-state index in [9.17, 15) is 0 Å². The third-order valence-corrected chi connectivity index (χ3v) is 3.06. The molecule has 0 aliphatic heterocycles. The second kappa shape index (κ2) is 4.82. The van der Waals surface area contributed by atoms with E-state index < -0.39 is 0 Å². The molecule has 1 heterocycles. The quantitative estimate of drug-likeness (QED) is 0.585. The van der Waals surface area contributed by atoms with Gasteiger partial charge in [0, 0.05) is 4.88 Å². The maximum atomic E-state index is 5.81. The monoisotopic (exact) mass is 204 g/mol. The number of rotatable bonds is 4. The summed E-state index contributed by atoms with van der Waals surface area (Å²) in [6.07, 6.45) is 2.16. The summed E-state index contributed by atoms with van der Waals surface area (Å²) in [7, 11) is 0. The van der Waals surface area contributed by atoms with Crippen molar-refractivity contribution in [2.75, 3.05) is 0 Å². The molecule has 1 unspecified atom stereocenters. The minimum absolute atomic E-state index is 0.257. The van der Waals surface area contributed by atoms with Crippen LogP contribution in [0.25, 0.3) is 0 Å². The normalized spacial score (nSPS) is 13.2. The first kappa shape index (κ1) is 9.99. The Labute approximate surface area is 81.7 Å². The minimum Gasteiger partial charge on any atom is -0.271 e. The average Bonchev–Trinajstić information content (AvgIpc) is 2.47. The van der Waals surface area contributed by atoms with Crippen molar-refractivity contribution in [3.63, 3.8) is 0 Å². The highest BCUT2D eigenvalue weighted by Gasteiger charge is 2.09. The molecule has 0 radical (unpaired) electrons. The van der Waals surface area contributed by atoms with E-state index in [1.54, 1.807) is 11.3 Å². The number of hydrogen-bond donors (Lipinski definition) is 2. The molecule has 68 valence electrons. The highest BCUT2D eigenvalue weighted by Crippen LogP contribution is 2.28. The first-order chi connectivity index (χ1) is 5.77. The van der Waals surface area contributed by atoms with Gasteiger partial charge in [-0.3, -0.25) is 11.3 Å². The van der Waals surface area contributed by atoms with Gasteiger partial charge in [0.15, 0.2) is 0 Å². The fourth-order valence-corrected chi connectivity index (χ4v) is 2.27. The lowest BCUT2D eigenvalue weighted by Gasteiger charge is -2.11. The molecule has 0 saturated heterocycles. The van der Waals surface area contributed by atoms with Gasteiger partial charge in [0.2, 0.25) is 0 Å². The lowest BCUT2D eigenvalue weighted by Crippen LogP contribution is -2.27. The van der Waals surface area contributed by atoms with Gasteiger partial charge in [0.05, 0.1) is 10.4 Å². The highest BCUT2D eigenvalue weighted by molar-refractivity contribution is 7.16. The second-order valence-electron chi connectivity index (χ2n) is 2.65. The molecule has 1 aromatic rings. The van der Waals surface area contributed by atoms with Crippen molar-refractivity contribution in [3.8, 4) is 0 Å². The molecule has 1 atom stereocenters. The van der Waals surface area contributed by atoms with Gasteiger partial charge in [-0.1, -0.05) is 24.9 Å². The maximum Gasteiger partial charge on any atom is 0.0931 e. The van der Waals surface area contributed by atoms with Crippen molar-refractivity contribution in [3.05, 3.63) is 21.3 Å². The molecule has 0 fully saturated rings. The Kier molecular flexibility index (Phi) is 4.01. The highest BCUT2D eigenvalue weighted by atomic mass is 35.5. The molecule has 4 heteroatoms. The summed E-state index contributed by atoms with van der Waals surface area (Å²) >= 11 is 7.39. The lowest BCUT2D eigenvalue weighted by molar-refractivity contribution is 0.517. The van der Waals surface area contributed by atoms with Crippen LogP contribution in [-0.4, -0.2) is 0 Å². The molecule has 3 N–H and O–H groups in total. The molecule has 0 aliphatic rings. The van der Waals surface area contributed by atoms with Gasteiger partial charge in [0.1, 0.15) is 0 Å². The van der Waals surface area contributed by atoms with Crippen molar-refractivity contribution in [1.82, 2.24) is 5.43 Å². The Morgan fingerprint density at radius 1 is 1.67 bits per heavy atom. The minimum atomic E-state index is 0.257. The number of nitrogens with one attached hydrogen (secondary N) is 1.